The SMILES string of the molecule is CCC(C)(C)C(N)c1ccccc1OC. The number of rotatable bonds is 4. The lowest BCUT2D eigenvalue weighted by Crippen LogP contribution is -2.28. The van der Waals surface area contributed by atoms with Gasteiger partial charge in [-0.3, -0.25) is 0 Å². The summed E-state index contributed by atoms with van der Waals surface area (Å²) in [5.74, 6) is 0.881. The van der Waals surface area contributed by atoms with Gasteiger partial charge in [-0.1, -0.05) is 39.0 Å². The summed E-state index contributed by atoms with van der Waals surface area (Å²) in [6, 6.07) is 7.98. The first-order valence-electron chi connectivity index (χ1n) is 5.41. The number of benzene rings is 1. The van der Waals surface area contributed by atoms with Gasteiger partial charge in [-0.2, -0.15) is 0 Å². The van der Waals surface area contributed by atoms with Crippen LogP contribution in [0.4, 0.5) is 0 Å². The zero-order chi connectivity index (χ0) is 11.5. The Hall–Kier alpha value is -1.02. The molecule has 0 aromatic heterocycles. The van der Waals surface area contributed by atoms with Crippen molar-refractivity contribution >= 4 is 0 Å². The van der Waals surface area contributed by atoms with Crippen molar-refractivity contribution < 1.29 is 4.74 Å². The summed E-state index contributed by atoms with van der Waals surface area (Å²) >= 11 is 0. The second kappa shape index (κ2) is 4.67. The molecule has 0 aliphatic rings. The zero-order valence-electron chi connectivity index (χ0n) is 10.1. The quantitative estimate of drug-likeness (QED) is 0.823. The van der Waals surface area contributed by atoms with Crippen molar-refractivity contribution in [3.05, 3.63) is 29.8 Å². The second-order valence-corrected chi connectivity index (χ2v) is 4.56. The summed E-state index contributed by atoms with van der Waals surface area (Å²) in [5.41, 5.74) is 7.46. The molecule has 1 rings (SSSR count). The van der Waals surface area contributed by atoms with Gasteiger partial charge in [-0.25, -0.2) is 0 Å². The molecule has 84 valence electrons. The van der Waals surface area contributed by atoms with Crippen LogP contribution in [0.1, 0.15) is 38.8 Å². The number of nitrogens with two attached hydrogens (primary N) is 1. The van der Waals surface area contributed by atoms with E-state index in [1.807, 2.05) is 24.3 Å². The van der Waals surface area contributed by atoms with E-state index in [1.54, 1.807) is 7.11 Å². The fourth-order valence-electron chi connectivity index (χ4n) is 1.56. The van der Waals surface area contributed by atoms with Crippen LogP contribution in [0, 0.1) is 5.41 Å². The van der Waals surface area contributed by atoms with E-state index in [0.717, 1.165) is 17.7 Å². The molecular formula is C13H21NO. The van der Waals surface area contributed by atoms with E-state index in [0.29, 0.717) is 0 Å². The van der Waals surface area contributed by atoms with Crippen LogP contribution in [-0.4, -0.2) is 7.11 Å². The van der Waals surface area contributed by atoms with E-state index < -0.39 is 0 Å². The van der Waals surface area contributed by atoms with Crippen LogP contribution in [0.2, 0.25) is 0 Å². The molecular weight excluding hydrogens is 186 g/mol. The Morgan fingerprint density at radius 3 is 2.47 bits per heavy atom. The number of para-hydroxylation sites is 1. The predicted molar refractivity (Wildman–Crippen MR) is 64.0 cm³/mol. The molecule has 0 aliphatic carbocycles. The van der Waals surface area contributed by atoms with E-state index in [2.05, 4.69) is 20.8 Å². The van der Waals surface area contributed by atoms with Gasteiger partial charge in [0.15, 0.2) is 0 Å². The highest BCUT2D eigenvalue weighted by Crippen LogP contribution is 2.37. The maximum absolute atomic E-state index is 6.28. The van der Waals surface area contributed by atoms with Gasteiger partial charge in [0.1, 0.15) is 5.75 Å². The maximum Gasteiger partial charge on any atom is 0.123 e. The minimum atomic E-state index is 0.0126. The van der Waals surface area contributed by atoms with Crippen molar-refractivity contribution in [2.75, 3.05) is 7.11 Å². The smallest absolute Gasteiger partial charge is 0.123 e. The van der Waals surface area contributed by atoms with Crippen LogP contribution in [-0.2, 0) is 0 Å². The van der Waals surface area contributed by atoms with Gasteiger partial charge in [-0.15, -0.1) is 0 Å². The Morgan fingerprint density at radius 2 is 1.93 bits per heavy atom. The minimum Gasteiger partial charge on any atom is -0.496 e. The van der Waals surface area contributed by atoms with Crippen molar-refractivity contribution in [2.24, 2.45) is 11.1 Å². The third-order valence-corrected chi connectivity index (χ3v) is 3.23. The van der Waals surface area contributed by atoms with Gasteiger partial charge < -0.3 is 10.5 Å². The summed E-state index contributed by atoms with van der Waals surface area (Å²) in [6.07, 6.45) is 1.05. The highest BCUT2D eigenvalue weighted by Gasteiger charge is 2.27. The number of ether oxygens (including phenoxy) is 1. The fraction of sp³-hybridized carbons (Fsp3) is 0.538. The van der Waals surface area contributed by atoms with Crippen LogP contribution >= 0.6 is 0 Å². The normalized spacial score (nSPS) is 13.7. The Bertz CT molecular complexity index is 320. The fourth-order valence-corrected chi connectivity index (χ4v) is 1.56. The summed E-state index contributed by atoms with van der Waals surface area (Å²) < 4.78 is 5.33. The summed E-state index contributed by atoms with van der Waals surface area (Å²) in [7, 11) is 1.69. The summed E-state index contributed by atoms with van der Waals surface area (Å²) in [4.78, 5) is 0. The van der Waals surface area contributed by atoms with E-state index in [4.69, 9.17) is 10.5 Å². The summed E-state index contributed by atoms with van der Waals surface area (Å²) in [5, 5.41) is 0. The molecule has 0 bridgehead atoms. The lowest BCUT2D eigenvalue weighted by molar-refractivity contribution is 0.271. The van der Waals surface area contributed by atoms with Crippen molar-refractivity contribution in [3.63, 3.8) is 0 Å². The zero-order valence-corrected chi connectivity index (χ0v) is 10.1. The number of hydrogen-bond acceptors (Lipinski definition) is 2. The Morgan fingerprint density at radius 1 is 1.33 bits per heavy atom. The topological polar surface area (TPSA) is 35.2 Å². The third-order valence-electron chi connectivity index (χ3n) is 3.23. The largest absolute Gasteiger partial charge is 0.496 e. The third kappa shape index (κ3) is 2.51. The average molecular weight is 207 g/mol. The molecule has 1 aromatic carbocycles. The van der Waals surface area contributed by atoms with Crippen molar-refractivity contribution in [2.45, 2.75) is 33.2 Å². The molecule has 15 heavy (non-hydrogen) atoms. The van der Waals surface area contributed by atoms with Crippen LogP contribution in [0.5, 0.6) is 5.75 Å². The molecule has 0 fully saturated rings. The molecule has 2 heteroatoms. The average Bonchev–Trinajstić information content (AvgIpc) is 2.28. The molecule has 0 saturated heterocycles. The Balaban J connectivity index is 3.05. The molecule has 0 spiro atoms. The second-order valence-electron chi connectivity index (χ2n) is 4.56. The van der Waals surface area contributed by atoms with E-state index in [1.165, 1.54) is 0 Å². The van der Waals surface area contributed by atoms with Gasteiger partial charge in [-0.05, 0) is 17.9 Å². The highest BCUT2D eigenvalue weighted by atomic mass is 16.5. The first-order valence-corrected chi connectivity index (χ1v) is 5.41. The Labute approximate surface area is 92.4 Å². The Kier molecular flexibility index (Phi) is 3.75. The first-order chi connectivity index (χ1) is 7.03. The molecule has 1 unspecified atom stereocenters. The van der Waals surface area contributed by atoms with Gasteiger partial charge in [0, 0.05) is 11.6 Å². The highest BCUT2D eigenvalue weighted by molar-refractivity contribution is 5.36. The van der Waals surface area contributed by atoms with Gasteiger partial charge in [0.05, 0.1) is 7.11 Å². The van der Waals surface area contributed by atoms with Crippen molar-refractivity contribution in [1.82, 2.24) is 0 Å². The van der Waals surface area contributed by atoms with Gasteiger partial charge in [0.2, 0.25) is 0 Å². The molecule has 1 atom stereocenters. The predicted octanol–water partition coefficient (Wildman–Crippen LogP) is 3.13. The maximum atomic E-state index is 6.28. The number of hydrogen-bond donors (Lipinski definition) is 1. The van der Waals surface area contributed by atoms with Crippen LogP contribution < -0.4 is 10.5 Å². The van der Waals surface area contributed by atoms with E-state index in [-0.39, 0.29) is 11.5 Å². The van der Waals surface area contributed by atoms with E-state index >= 15 is 0 Å². The van der Waals surface area contributed by atoms with Crippen LogP contribution in [0.3, 0.4) is 0 Å². The van der Waals surface area contributed by atoms with Crippen molar-refractivity contribution in [3.8, 4) is 5.75 Å². The lowest BCUT2D eigenvalue weighted by Gasteiger charge is -2.31. The van der Waals surface area contributed by atoms with Gasteiger partial charge >= 0.3 is 0 Å². The van der Waals surface area contributed by atoms with E-state index in [9.17, 15) is 0 Å². The van der Waals surface area contributed by atoms with Crippen LogP contribution in [0.15, 0.2) is 24.3 Å². The minimum absolute atomic E-state index is 0.0126. The molecule has 0 radical (unpaired) electrons. The van der Waals surface area contributed by atoms with Crippen LogP contribution in [0.25, 0.3) is 0 Å². The summed E-state index contributed by atoms with van der Waals surface area (Å²) in [6.45, 7) is 6.53. The number of methoxy groups -OCH3 is 1. The molecule has 1 aromatic rings. The molecule has 2 N–H and O–H groups in total. The molecule has 2 nitrogen and oxygen atoms in total. The van der Waals surface area contributed by atoms with Crippen molar-refractivity contribution in [1.29, 1.82) is 0 Å². The molecule has 0 saturated carbocycles. The lowest BCUT2D eigenvalue weighted by atomic mass is 9.79. The molecule has 0 aliphatic heterocycles. The molecule has 0 heterocycles. The monoisotopic (exact) mass is 207 g/mol. The molecule has 0 amide bonds. The van der Waals surface area contributed by atoms with Gasteiger partial charge in [0.25, 0.3) is 0 Å². The standard InChI is InChI=1S/C13H21NO/c1-5-13(2,3)12(14)10-8-6-7-9-11(10)15-4/h6-9,12H,5,14H2,1-4H3. The first kappa shape index (κ1) is 12.1.